The Morgan fingerprint density at radius 1 is 0.950 bits per heavy atom. The van der Waals surface area contributed by atoms with Gasteiger partial charge in [-0.2, -0.15) is 4.31 Å². The molecular weight excluding hydrogens is 294 g/mol. The highest BCUT2D eigenvalue weighted by Crippen LogP contribution is 2.28. The van der Waals surface area contributed by atoms with E-state index < -0.39 is 10.0 Å². The molecule has 0 saturated carbocycles. The molecule has 0 bridgehead atoms. The zero-order valence-electron chi connectivity index (χ0n) is 10.8. The Hall–Kier alpha value is -1.36. The van der Waals surface area contributed by atoms with Crippen LogP contribution in [0.4, 0.5) is 0 Å². The minimum atomic E-state index is -3.53. The van der Waals surface area contributed by atoms with E-state index in [0.717, 1.165) is 12.0 Å². The first-order valence-electron chi connectivity index (χ1n) is 6.40. The summed E-state index contributed by atoms with van der Waals surface area (Å²) < 4.78 is 26.8. The Morgan fingerprint density at radius 2 is 1.60 bits per heavy atom. The van der Waals surface area contributed by atoms with Gasteiger partial charge < -0.3 is 0 Å². The average molecular weight is 308 g/mol. The summed E-state index contributed by atoms with van der Waals surface area (Å²) in [7, 11) is -3.53. The lowest BCUT2D eigenvalue weighted by Crippen LogP contribution is -2.36. The highest BCUT2D eigenvalue weighted by molar-refractivity contribution is 7.89. The van der Waals surface area contributed by atoms with Gasteiger partial charge in [-0.3, -0.25) is 0 Å². The molecule has 0 unspecified atom stereocenters. The number of nitrogens with zero attached hydrogens (tertiary/aromatic N) is 1. The second kappa shape index (κ2) is 5.20. The maximum absolute atomic E-state index is 12.7. The topological polar surface area (TPSA) is 37.4 Å². The van der Waals surface area contributed by atoms with Crippen molar-refractivity contribution in [1.29, 1.82) is 0 Å². The quantitative estimate of drug-likeness (QED) is 0.855. The molecule has 0 saturated heterocycles. The summed E-state index contributed by atoms with van der Waals surface area (Å²) >= 11 is 6.02. The van der Waals surface area contributed by atoms with Crippen molar-refractivity contribution < 1.29 is 8.42 Å². The molecule has 1 aliphatic heterocycles. The lowest BCUT2D eigenvalue weighted by Gasteiger charge is -2.28. The monoisotopic (exact) mass is 307 g/mol. The van der Waals surface area contributed by atoms with Crippen LogP contribution in [0.3, 0.4) is 0 Å². The van der Waals surface area contributed by atoms with Crippen molar-refractivity contribution in [2.75, 3.05) is 6.54 Å². The van der Waals surface area contributed by atoms with Crippen LogP contribution in [0.15, 0.2) is 53.4 Å². The van der Waals surface area contributed by atoms with E-state index in [-0.39, 0.29) is 9.92 Å². The smallest absolute Gasteiger partial charge is 0.207 e. The van der Waals surface area contributed by atoms with Crippen LogP contribution < -0.4 is 0 Å². The van der Waals surface area contributed by atoms with Gasteiger partial charge in [0.1, 0.15) is 4.90 Å². The zero-order chi connectivity index (χ0) is 14.2. The molecule has 3 rings (SSSR count). The van der Waals surface area contributed by atoms with Gasteiger partial charge in [0.25, 0.3) is 0 Å². The number of rotatable bonds is 2. The zero-order valence-corrected chi connectivity index (χ0v) is 12.4. The molecule has 0 fully saturated rings. The van der Waals surface area contributed by atoms with Crippen LogP contribution in [0.2, 0.25) is 5.02 Å². The fraction of sp³-hybridized carbons (Fsp3) is 0.200. The molecule has 0 aromatic heterocycles. The van der Waals surface area contributed by atoms with Gasteiger partial charge in [0.15, 0.2) is 0 Å². The number of sulfonamides is 1. The van der Waals surface area contributed by atoms with Crippen LogP contribution >= 0.6 is 11.6 Å². The molecular formula is C15H14ClNO2S. The molecule has 20 heavy (non-hydrogen) atoms. The van der Waals surface area contributed by atoms with Gasteiger partial charge in [0.05, 0.1) is 5.02 Å². The summed E-state index contributed by atoms with van der Waals surface area (Å²) in [5.74, 6) is 0. The Morgan fingerprint density at radius 3 is 2.35 bits per heavy atom. The largest absolute Gasteiger partial charge is 0.244 e. The maximum Gasteiger partial charge on any atom is 0.244 e. The fourth-order valence-corrected chi connectivity index (χ4v) is 4.38. The number of fused-ring (bicyclic) bond motifs is 1. The van der Waals surface area contributed by atoms with Gasteiger partial charge in [-0.1, -0.05) is 48.0 Å². The number of hydrogen-bond donors (Lipinski definition) is 0. The second-order valence-electron chi connectivity index (χ2n) is 4.79. The summed E-state index contributed by atoms with van der Waals surface area (Å²) in [6, 6.07) is 14.5. The molecule has 0 amide bonds. The Balaban J connectivity index is 1.97. The molecule has 0 N–H and O–H groups in total. The van der Waals surface area contributed by atoms with Crippen LogP contribution in [-0.2, 0) is 23.0 Å². The summed E-state index contributed by atoms with van der Waals surface area (Å²) in [5.41, 5.74) is 2.28. The highest BCUT2D eigenvalue weighted by Gasteiger charge is 2.29. The Bertz CT molecular complexity index is 743. The molecule has 1 aliphatic rings. The number of hydrogen-bond acceptors (Lipinski definition) is 2. The first-order valence-corrected chi connectivity index (χ1v) is 8.22. The standard InChI is InChI=1S/C15H14ClNO2S/c16-14-7-3-4-8-15(14)20(18,19)17-10-9-12-5-1-2-6-13(12)11-17/h1-8H,9-11H2. The van der Waals surface area contributed by atoms with Crippen molar-refractivity contribution >= 4 is 21.6 Å². The van der Waals surface area contributed by atoms with E-state index in [1.54, 1.807) is 24.3 Å². The third-order valence-electron chi connectivity index (χ3n) is 3.55. The predicted octanol–water partition coefficient (Wildman–Crippen LogP) is 3.09. The van der Waals surface area contributed by atoms with Crippen molar-refractivity contribution in [2.45, 2.75) is 17.9 Å². The molecule has 0 aliphatic carbocycles. The molecule has 0 radical (unpaired) electrons. The molecule has 5 heteroatoms. The maximum atomic E-state index is 12.7. The molecule has 0 spiro atoms. The van der Waals surface area contributed by atoms with Crippen LogP contribution in [-0.4, -0.2) is 19.3 Å². The summed E-state index contributed by atoms with van der Waals surface area (Å²) in [6.45, 7) is 0.897. The van der Waals surface area contributed by atoms with Gasteiger partial charge in [-0.15, -0.1) is 0 Å². The SMILES string of the molecule is O=S(=O)(c1ccccc1Cl)N1CCc2ccccc2C1. The number of benzene rings is 2. The lowest BCUT2D eigenvalue weighted by molar-refractivity contribution is 0.391. The van der Waals surface area contributed by atoms with Crippen molar-refractivity contribution in [3.8, 4) is 0 Å². The van der Waals surface area contributed by atoms with Crippen molar-refractivity contribution in [2.24, 2.45) is 0 Å². The van der Waals surface area contributed by atoms with Crippen LogP contribution in [0.1, 0.15) is 11.1 Å². The molecule has 0 atom stereocenters. The Labute approximate surface area is 123 Å². The van der Waals surface area contributed by atoms with E-state index in [9.17, 15) is 8.42 Å². The van der Waals surface area contributed by atoms with Gasteiger partial charge in [-0.25, -0.2) is 8.42 Å². The minimum Gasteiger partial charge on any atom is -0.207 e. The highest BCUT2D eigenvalue weighted by atomic mass is 35.5. The van der Waals surface area contributed by atoms with Crippen molar-refractivity contribution in [3.05, 3.63) is 64.7 Å². The van der Waals surface area contributed by atoms with Crippen LogP contribution in [0, 0.1) is 0 Å². The first-order chi connectivity index (χ1) is 9.59. The average Bonchev–Trinajstić information content (AvgIpc) is 2.47. The first kappa shape index (κ1) is 13.6. The molecule has 2 aromatic rings. The summed E-state index contributed by atoms with van der Waals surface area (Å²) in [5, 5.41) is 0.270. The molecule has 1 heterocycles. The second-order valence-corrected chi connectivity index (χ2v) is 7.10. The normalized spacial score (nSPS) is 15.8. The van der Waals surface area contributed by atoms with Crippen molar-refractivity contribution in [3.63, 3.8) is 0 Å². The van der Waals surface area contributed by atoms with Crippen LogP contribution in [0.5, 0.6) is 0 Å². The number of halogens is 1. The molecule has 2 aromatic carbocycles. The van der Waals surface area contributed by atoms with Crippen LogP contribution in [0.25, 0.3) is 0 Å². The Kier molecular flexibility index (Phi) is 3.54. The summed E-state index contributed by atoms with van der Waals surface area (Å²) in [4.78, 5) is 0.182. The fourth-order valence-electron chi connectivity index (χ4n) is 2.47. The van der Waals surface area contributed by atoms with E-state index in [1.807, 2.05) is 18.2 Å². The lowest BCUT2D eigenvalue weighted by atomic mass is 10.0. The third-order valence-corrected chi connectivity index (χ3v) is 5.90. The van der Waals surface area contributed by atoms with Gasteiger partial charge in [0.2, 0.25) is 10.0 Å². The van der Waals surface area contributed by atoms with Gasteiger partial charge >= 0.3 is 0 Å². The minimum absolute atomic E-state index is 0.182. The molecule has 104 valence electrons. The van der Waals surface area contributed by atoms with Crippen molar-refractivity contribution in [1.82, 2.24) is 4.31 Å². The third kappa shape index (κ3) is 2.35. The van der Waals surface area contributed by atoms with E-state index in [4.69, 9.17) is 11.6 Å². The van der Waals surface area contributed by atoms with E-state index >= 15 is 0 Å². The van der Waals surface area contributed by atoms with E-state index in [0.29, 0.717) is 13.1 Å². The van der Waals surface area contributed by atoms with E-state index in [2.05, 4.69) is 6.07 Å². The van der Waals surface area contributed by atoms with E-state index in [1.165, 1.54) is 9.87 Å². The van der Waals surface area contributed by atoms with Gasteiger partial charge in [-0.05, 0) is 29.7 Å². The predicted molar refractivity (Wildman–Crippen MR) is 79.2 cm³/mol. The summed E-state index contributed by atoms with van der Waals surface area (Å²) in [6.07, 6.45) is 0.736. The van der Waals surface area contributed by atoms with Gasteiger partial charge in [0, 0.05) is 13.1 Å². The molecule has 3 nitrogen and oxygen atoms in total.